The number of anilines is 1. The maximum atomic E-state index is 10.1. The molecule has 1 saturated heterocycles. The predicted octanol–water partition coefficient (Wildman–Crippen LogP) is -1.12. The van der Waals surface area contributed by atoms with E-state index >= 15 is 0 Å². The summed E-state index contributed by atoms with van der Waals surface area (Å²) in [6, 6.07) is 1.13. The lowest BCUT2D eigenvalue weighted by atomic mass is 9.97. The van der Waals surface area contributed by atoms with Gasteiger partial charge >= 0.3 is 0 Å². The third-order valence-corrected chi connectivity index (χ3v) is 3.80. The molecule has 9 heteroatoms. The van der Waals surface area contributed by atoms with Crippen LogP contribution in [-0.2, 0) is 9.47 Å². The molecule has 1 aromatic rings. The van der Waals surface area contributed by atoms with Crippen molar-refractivity contribution in [3.05, 3.63) is 11.1 Å². The smallest absolute Gasteiger partial charge is 0.184 e. The molecule has 4 N–H and O–H groups in total. The number of nitrogens with one attached hydrogen (secondary N) is 1. The highest BCUT2D eigenvalue weighted by atomic mass is 32.1. The van der Waals surface area contributed by atoms with Crippen molar-refractivity contribution in [2.24, 2.45) is 0 Å². The number of aromatic nitrogens is 1. The van der Waals surface area contributed by atoms with Crippen LogP contribution >= 0.6 is 11.3 Å². The molecule has 0 bridgehead atoms. The maximum absolute atomic E-state index is 10.1. The maximum Gasteiger partial charge on any atom is 0.184 e. The Balaban J connectivity index is 2.13. The fourth-order valence-electron chi connectivity index (χ4n) is 1.97. The Morgan fingerprint density at radius 3 is 2.85 bits per heavy atom. The van der Waals surface area contributed by atoms with Crippen LogP contribution in [0.25, 0.3) is 0 Å². The SMILES string of the molecule is CO[C@@H]1O[C@H](CO)[C@H](O)[C@H](O)[C@@H]1Nc1nc(C#N)cs1. The van der Waals surface area contributed by atoms with Gasteiger partial charge in [-0.3, -0.25) is 0 Å². The summed E-state index contributed by atoms with van der Waals surface area (Å²) in [5.41, 5.74) is 0.256. The van der Waals surface area contributed by atoms with Crippen molar-refractivity contribution in [3.63, 3.8) is 0 Å². The van der Waals surface area contributed by atoms with Crippen LogP contribution in [0.2, 0.25) is 0 Å². The fraction of sp³-hybridized carbons (Fsp3) is 0.636. The second kappa shape index (κ2) is 6.45. The molecule has 2 heterocycles. The first-order valence-corrected chi connectivity index (χ1v) is 6.76. The number of ether oxygens (including phenoxy) is 2. The molecule has 0 radical (unpaired) electrons. The Kier molecular flexibility index (Phi) is 4.87. The highest BCUT2D eigenvalue weighted by Crippen LogP contribution is 2.26. The third-order valence-electron chi connectivity index (χ3n) is 3.02. The molecular formula is C11H15N3O5S. The summed E-state index contributed by atoms with van der Waals surface area (Å²) in [6.45, 7) is -0.430. The minimum absolute atomic E-state index is 0.256. The van der Waals surface area contributed by atoms with Gasteiger partial charge in [-0.05, 0) is 0 Å². The summed E-state index contributed by atoms with van der Waals surface area (Å²) in [7, 11) is 1.39. The Hall–Kier alpha value is -1.28. The molecule has 0 aliphatic carbocycles. The average Bonchev–Trinajstić information content (AvgIpc) is 2.92. The van der Waals surface area contributed by atoms with Crippen molar-refractivity contribution in [2.45, 2.75) is 30.6 Å². The lowest BCUT2D eigenvalue weighted by Crippen LogP contribution is -2.61. The molecule has 0 amide bonds. The molecule has 1 aromatic heterocycles. The molecule has 2 rings (SSSR count). The van der Waals surface area contributed by atoms with Gasteiger partial charge in [-0.2, -0.15) is 5.26 Å². The Morgan fingerprint density at radius 1 is 1.55 bits per heavy atom. The Bertz CT molecular complexity index is 489. The summed E-state index contributed by atoms with van der Waals surface area (Å²) in [4.78, 5) is 3.98. The van der Waals surface area contributed by atoms with Crippen LogP contribution in [-0.4, -0.2) is 64.7 Å². The zero-order valence-corrected chi connectivity index (χ0v) is 11.4. The third kappa shape index (κ3) is 2.90. The highest BCUT2D eigenvalue weighted by Gasteiger charge is 2.44. The van der Waals surface area contributed by atoms with E-state index in [0.29, 0.717) is 5.13 Å². The van der Waals surface area contributed by atoms with Crippen LogP contribution in [0.1, 0.15) is 5.69 Å². The number of methoxy groups -OCH3 is 1. The first-order valence-electron chi connectivity index (χ1n) is 5.88. The van der Waals surface area contributed by atoms with Gasteiger partial charge in [0.15, 0.2) is 17.1 Å². The second-order valence-corrected chi connectivity index (χ2v) is 5.12. The Labute approximate surface area is 119 Å². The largest absolute Gasteiger partial charge is 0.394 e. The lowest BCUT2D eigenvalue weighted by Gasteiger charge is -2.41. The summed E-state index contributed by atoms with van der Waals surface area (Å²) < 4.78 is 10.5. The van der Waals surface area contributed by atoms with E-state index < -0.39 is 37.3 Å². The molecule has 1 aliphatic rings. The molecule has 0 unspecified atom stereocenters. The fourth-order valence-corrected chi connectivity index (χ4v) is 2.66. The predicted molar refractivity (Wildman–Crippen MR) is 69.0 cm³/mol. The van der Waals surface area contributed by atoms with E-state index in [1.165, 1.54) is 18.4 Å². The quantitative estimate of drug-likeness (QED) is 0.550. The van der Waals surface area contributed by atoms with Crippen LogP contribution in [0, 0.1) is 11.3 Å². The van der Waals surface area contributed by atoms with Gasteiger partial charge < -0.3 is 30.1 Å². The van der Waals surface area contributed by atoms with Crippen LogP contribution < -0.4 is 5.32 Å². The van der Waals surface area contributed by atoms with E-state index in [1.54, 1.807) is 5.38 Å². The van der Waals surface area contributed by atoms with Gasteiger partial charge in [-0.15, -0.1) is 11.3 Å². The van der Waals surface area contributed by atoms with Crippen molar-refractivity contribution in [2.75, 3.05) is 19.0 Å². The number of aliphatic hydroxyl groups is 3. The van der Waals surface area contributed by atoms with Crippen molar-refractivity contribution < 1.29 is 24.8 Å². The first kappa shape index (κ1) is 15.1. The summed E-state index contributed by atoms with van der Waals surface area (Å²) in [5, 5.41) is 42.6. The van der Waals surface area contributed by atoms with E-state index in [0.717, 1.165) is 0 Å². The molecule has 0 aromatic carbocycles. The minimum Gasteiger partial charge on any atom is -0.394 e. The van der Waals surface area contributed by atoms with Crippen LogP contribution in [0.3, 0.4) is 0 Å². The van der Waals surface area contributed by atoms with Gasteiger partial charge in [-0.1, -0.05) is 0 Å². The molecular weight excluding hydrogens is 286 g/mol. The molecule has 110 valence electrons. The van der Waals surface area contributed by atoms with E-state index in [4.69, 9.17) is 19.8 Å². The highest BCUT2D eigenvalue weighted by molar-refractivity contribution is 7.13. The summed E-state index contributed by atoms with van der Waals surface area (Å²) >= 11 is 1.19. The van der Waals surface area contributed by atoms with Crippen LogP contribution in [0.4, 0.5) is 5.13 Å². The van der Waals surface area contributed by atoms with Crippen molar-refractivity contribution in [1.82, 2.24) is 4.98 Å². The van der Waals surface area contributed by atoms with Gasteiger partial charge in [0.2, 0.25) is 0 Å². The van der Waals surface area contributed by atoms with E-state index in [2.05, 4.69) is 10.3 Å². The van der Waals surface area contributed by atoms with Gasteiger partial charge in [-0.25, -0.2) is 4.98 Å². The number of thiazole rings is 1. The van der Waals surface area contributed by atoms with Gasteiger partial charge in [0.1, 0.15) is 30.4 Å². The lowest BCUT2D eigenvalue weighted by molar-refractivity contribution is -0.254. The Morgan fingerprint density at radius 2 is 2.30 bits per heavy atom. The molecule has 0 saturated carbocycles. The average molecular weight is 301 g/mol. The molecule has 8 nitrogen and oxygen atoms in total. The second-order valence-electron chi connectivity index (χ2n) is 4.26. The standard InChI is InChI=1S/C11H15N3O5S/c1-18-10-7(9(17)8(16)6(3-15)19-10)14-11-13-5(2-12)4-20-11/h4,6-10,15-17H,3H2,1H3,(H,13,14)/t6-,7+,8+,9-,10-/m1/s1. The summed E-state index contributed by atoms with van der Waals surface area (Å²) in [5.74, 6) is 0. The van der Waals surface area contributed by atoms with Crippen LogP contribution in [0.5, 0.6) is 0 Å². The number of hydrogen-bond acceptors (Lipinski definition) is 9. The topological polar surface area (TPSA) is 128 Å². The van der Waals surface area contributed by atoms with E-state index in [-0.39, 0.29) is 5.69 Å². The normalized spacial score (nSPS) is 33.6. The van der Waals surface area contributed by atoms with Gasteiger partial charge in [0.25, 0.3) is 0 Å². The molecule has 20 heavy (non-hydrogen) atoms. The number of aliphatic hydroxyl groups excluding tert-OH is 3. The summed E-state index contributed by atoms with van der Waals surface area (Å²) in [6.07, 6.45) is -4.24. The monoisotopic (exact) mass is 301 g/mol. The number of hydrogen-bond donors (Lipinski definition) is 4. The zero-order chi connectivity index (χ0) is 14.7. The molecule has 5 atom stereocenters. The van der Waals surface area contributed by atoms with Gasteiger partial charge in [0, 0.05) is 12.5 Å². The minimum atomic E-state index is -1.25. The first-order chi connectivity index (χ1) is 9.60. The number of nitriles is 1. The van der Waals surface area contributed by atoms with Crippen molar-refractivity contribution in [3.8, 4) is 6.07 Å². The van der Waals surface area contributed by atoms with E-state index in [9.17, 15) is 10.2 Å². The van der Waals surface area contributed by atoms with Crippen molar-refractivity contribution in [1.29, 1.82) is 5.26 Å². The van der Waals surface area contributed by atoms with Crippen LogP contribution in [0.15, 0.2) is 5.38 Å². The molecule has 1 aliphatic heterocycles. The number of nitrogens with zero attached hydrogens (tertiary/aromatic N) is 2. The van der Waals surface area contributed by atoms with Gasteiger partial charge in [0.05, 0.1) is 6.61 Å². The van der Waals surface area contributed by atoms with E-state index in [1.807, 2.05) is 6.07 Å². The number of rotatable bonds is 4. The molecule has 1 fully saturated rings. The zero-order valence-electron chi connectivity index (χ0n) is 10.6. The van der Waals surface area contributed by atoms with Crippen molar-refractivity contribution >= 4 is 16.5 Å². The molecule has 0 spiro atoms.